The van der Waals surface area contributed by atoms with Gasteiger partial charge in [-0.25, -0.2) is 9.98 Å². The zero-order valence-corrected chi connectivity index (χ0v) is 17.8. The molecule has 0 aromatic heterocycles. The first-order chi connectivity index (χ1) is 16.3. The zero-order valence-electron chi connectivity index (χ0n) is 17.8. The van der Waals surface area contributed by atoms with E-state index in [0.29, 0.717) is 0 Å². The van der Waals surface area contributed by atoms with Crippen molar-refractivity contribution >= 4 is 28.9 Å². The number of rotatable bonds is 3. The fraction of sp³-hybridized carbons (Fsp3) is 0.0345. The first-order valence-electron chi connectivity index (χ1n) is 10.8. The molecule has 2 heterocycles. The van der Waals surface area contributed by atoms with Crippen molar-refractivity contribution in [1.82, 2.24) is 0 Å². The number of nitrogens with zero attached hydrogens (tertiary/aromatic N) is 2. The van der Waals surface area contributed by atoms with Crippen LogP contribution in [0.2, 0.25) is 0 Å². The van der Waals surface area contributed by atoms with E-state index in [9.17, 15) is 0 Å². The van der Waals surface area contributed by atoms with E-state index in [1.807, 2.05) is 78.9 Å². The third-order valence-electron chi connectivity index (χ3n) is 5.66. The van der Waals surface area contributed by atoms with Crippen molar-refractivity contribution in [3.8, 4) is 11.5 Å². The van der Waals surface area contributed by atoms with E-state index >= 15 is 0 Å². The number of ether oxygens (including phenoxy) is 2. The molecule has 0 bridgehead atoms. The molecule has 4 heteroatoms. The molecule has 0 N–H and O–H groups in total. The minimum Gasteiger partial charge on any atom is -0.454 e. The Kier molecular flexibility index (Phi) is 4.81. The van der Waals surface area contributed by atoms with Gasteiger partial charge in [0.25, 0.3) is 0 Å². The second kappa shape index (κ2) is 8.24. The molecule has 0 radical (unpaired) electrons. The number of para-hydroxylation sites is 2. The van der Waals surface area contributed by atoms with Crippen molar-refractivity contribution in [2.24, 2.45) is 9.98 Å². The summed E-state index contributed by atoms with van der Waals surface area (Å²) in [5.41, 5.74) is 7.45. The standard InChI is InChI=1S/C29H20N2O2/c1-3-9-21(10-4-1)28-23(17-20-15-16-26-27(18-20)33-19-32-26)29(22-11-5-2-6-12-22)31-25-14-8-7-13-24(25)30-28/h1-18H,19H2. The van der Waals surface area contributed by atoms with Gasteiger partial charge >= 0.3 is 0 Å². The third kappa shape index (κ3) is 3.72. The molecular weight excluding hydrogens is 408 g/mol. The average molecular weight is 428 g/mol. The fourth-order valence-corrected chi connectivity index (χ4v) is 4.07. The number of aliphatic imine (C=N–C) groups is 2. The van der Waals surface area contributed by atoms with Crippen LogP contribution in [0.3, 0.4) is 0 Å². The summed E-state index contributed by atoms with van der Waals surface area (Å²) in [6, 6.07) is 34.5. The lowest BCUT2D eigenvalue weighted by molar-refractivity contribution is 0.174. The predicted molar refractivity (Wildman–Crippen MR) is 132 cm³/mol. The van der Waals surface area contributed by atoms with Gasteiger partial charge in [-0.2, -0.15) is 0 Å². The maximum atomic E-state index is 5.61. The van der Waals surface area contributed by atoms with Crippen molar-refractivity contribution in [3.05, 3.63) is 125 Å². The Morgan fingerprint density at radius 1 is 0.576 bits per heavy atom. The zero-order chi connectivity index (χ0) is 22.0. The minimum atomic E-state index is 0.248. The number of hydrogen-bond donors (Lipinski definition) is 0. The molecule has 0 spiro atoms. The molecule has 0 aliphatic carbocycles. The number of fused-ring (bicyclic) bond motifs is 2. The Hall–Kier alpha value is -4.44. The van der Waals surface area contributed by atoms with Crippen molar-refractivity contribution < 1.29 is 9.47 Å². The maximum absolute atomic E-state index is 5.61. The van der Waals surface area contributed by atoms with Crippen LogP contribution in [0.25, 0.3) is 6.08 Å². The highest BCUT2D eigenvalue weighted by atomic mass is 16.7. The molecule has 2 aliphatic rings. The van der Waals surface area contributed by atoms with Gasteiger partial charge in [-0.1, -0.05) is 78.9 Å². The molecule has 0 saturated carbocycles. The molecule has 2 aliphatic heterocycles. The molecule has 0 amide bonds. The molecule has 4 aromatic carbocycles. The van der Waals surface area contributed by atoms with Crippen LogP contribution in [0.5, 0.6) is 11.5 Å². The first kappa shape index (κ1) is 19.3. The van der Waals surface area contributed by atoms with Gasteiger partial charge in [-0.15, -0.1) is 0 Å². The smallest absolute Gasteiger partial charge is 0.231 e. The highest BCUT2D eigenvalue weighted by Crippen LogP contribution is 2.37. The van der Waals surface area contributed by atoms with Crippen LogP contribution < -0.4 is 9.47 Å². The van der Waals surface area contributed by atoms with Gasteiger partial charge in [0, 0.05) is 16.7 Å². The number of hydrogen-bond acceptors (Lipinski definition) is 4. The predicted octanol–water partition coefficient (Wildman–Crippen LogP) is 6.75. The summed E-state index contributed by atoms with van der Waals surface area (Å²) < 4.78 is 11.1. The third-order valence-corrected chi connectivity index (χ3v) is 5.66. The molecule has 0 fully saturated rings. The lowest BCUT2D eigenvalue weighted by atomic mass is 9.92. The molecule has 0 unspecified atom stereocenters. The van der Waals surface area contributed by atoms with E-state index in [2.05, 4.69) is 30.3 Å². The van der Waals surface area contributed by atoms with Gasteiger partial charge < -0.3 is 9.47 Å². The Morgan fingerprint density at radius 3 is 1.73 bits per heavy atom. The molecular formula is C29H20N2O2. The van der Waals surface area contributed by atoms with Gasteiger partial charge in [0.15, 0.2) is 11.5 Å². The van der Waals surface area contributed by atoms with Crippen molar-refractivity contribution in [1.29, 1.82) is 0 Å². The van der Waals surface area contributed by atoms with Gasteiger partial charge in [0.1, 0.15) is 0 Å². The van der Waals surface area contributed by atoms with E-state index in [1.54, 1.807) is 0 Å². The van der Waals surface area contributed by atoms with Crippen LogP contribution in [-0.2, 0) is 0 Å². The number of allylic oxidation sites excluding steroid dienone is 1. The SMILES string of the molecule is C(=C1C(c2ccccc2)=Nc2ccccc2N=C1c1ccccc1)c1ccc2c(c1)OCO2. The summed E-state index contributed by atoms with van der Waals surface area (Å²) in [5, 5.41) is 0. The van der Waals surface area contributed by atoms with Gasteiger partial charge in [-0.05, 0) is 35.9 Å². The van der Waals surface area contributed by atoms with Crippen LogP contribution >= 0.6 is 0 Å². The second-order valence-electron chi connectivity index (χ2n) is 7.81. The van der Waals surface area contributed by atoms with Crippen molar-refractivity contribution in [2.75, 3.05) is 6.79 Å². The van der Waals surface area contributed by atoms with E-state index in [0.717, 1.165) is 56.6 Å². The van der Waals surface area contributed by atoms with E-state index < -0.39 is 0 Å². The lowest BCUT2D eigenvalue weighted by Crippen LogP contribution is -2.15. The van der Waals surface area contributed by atoms with Crippen LogP contribution in [-0.4, -0.2) is 18.2 Å². The Balaban J connectivity index is 1.62. The largest absolute Gasteiger partial charge is 0.454 e. The number of benzene rings is 4. The van der Waals surface area contributed by atoms with Gasteiger partial charge in [0.05, 0.1) is 22.8 Å². The van der Waals surface area contributed by atoms with E-state index in [-0.39, 0.29) is 6.79 Å². The molecule has 4 nitrogen and oxygen atoms in total. The van der Waals surface area contributed by atoms with Crippen molar-refractivity contribution in [3.63, 3.8) is 0 Å². The normalized spacial score (nSPS) is 14.1. The van der Waals surface area contributed by atoms with Crippen molar-refractivity contribution in [2.45, 2.75) is 0 Å². The summed E-state index contributed by atoms with van der Waals surface area (Å²) in [6.07, 6.45) is 2.13. The first-order valence-corrected chi connectivity index (χ1v) is 10.8. The molecule has 6 rings (SSSR count). The topological polar surface area (TPSA) is 43.2 Å². The summed E-state index contributed by atoms with van der Waals surface area (Å²) in [6.45, 7) is 0.248. The Bertz CT molecular complexity index is 1340. The van der Waals surface area contributed by atoms with Crippen LogP contribution in [0, 0.1) is 0 Å². The molecule has 0 atom stereocenters. The minimum absolute atomic E-state index is 0.248. The van der Waals surface area contributed by atoms with E-state index in [1.165, 1.54) is 0 Å². The van der Waals surface area contributed by atoms with Crippen LogP contribution in [0.4, 0.5) is 11.4 Å². The summed E-state index contributed by atoms with van der Waals surface area (Å²) in [7, 11) is 0. The van der Waals surface area contributed by atoms with Crippen LogP contribution in [0.15, 0.2) is 119 Å². The Labute approximate surface area is 192 Å². The summed E-state index contributed by atoms with van der Waals surface area (Å²) >= 11 is 0. The lowest BCUT2D eigenvalue weighted by Gasteiger charge is -2.14. The second-order valence-corrected chi connectivity index (χ2v) is 7.81. The fourth-order valence-electron chi connectivity index (χ4n) is 4.07. The monoisotopic (exact) mass is 428 g/mol. The molecule has 158 valence electrons. The summed E-state index contributed by atoms with van der Waals surface area (Å²) in [4.78, 5) is 10.2. The average Bonchev–Trinajstić information content (AvgIpc) is 3.28. The van der Waals surface area contributed by atoms with Crippen LogP contribution in [0.1, 0.15) is 16.7 Å². The highest BCUT2D eigenvalue weighted by Gasteiger charge is 2.22. The summed E-state index contributed by atoms with van der Waals surface area (Å²) in [5.74, 6) is 1.51. The maximum Gasteiger partial charge on any atom is 0.231 e. The Morgan fingerprint density at radius 2 is 1.12 bits per heavy atom. The van der Waals surface area contributed by atoms with Gasteiger partial charge in [0.2, 0.25) is 6.79 Å². The van der Waals surface area contributed by atoms with E-state index in [4.69, 9.17) is 19.5 Å². The molecule has 4 aromatic rings. The molecule has 0 saturated heterocycles. The highest BCUT2D eigenvalue weighted by molar-refractivity contribution is 6.38. The quantitative estimate of drug-likeness (QED) is 0.362. The molecule has 33 heavy (non-hydrogen) atoms. The van der Waals surface area contributed by atoms with Gasteiger partial charge in [-0.3, -0.25) is 0 Å².